The van der Waals surface area contributed by atoms with Crippen LogP contribution >= 0.6 is 0 Å². The Morgan fingerprint density at radius 3 is 2.71 bits per heavy atom. The summed E-state index contributed by atoms with van der Waals surface area (Å²) in [6.45, 7) is 1.86. The van der Waals surface area contributed by atoms with Crippen molar-refractivity contribution in [1.29, 1.82) is 0 Å². The van der Waals surface area contributed by atoms with Gasteiger partial charge in [-0.3, -0.25) is 4.79 Å². The van der Waals surface area contributed by atoms with Crippen molar-refractivity contribution in [2.75, 3.05) is 0 Å². The van der Waals surface area contributed by atoms with Crippen molar-refractivity contribution in [1.82, 2.24) is 4.98 Å². The average Bonchev–Trinajstić information content (AvgIpc) is 2.69. The van der Waals surface area contributed by atoms with Crippen LogP contribution in [0.2, 0.25) is 0 Å². The first kappa shape index (κ1) is 11.4. The van der Waals surface area contributed by atoms with Gasteiger partial charge in [-0.25, -0.2) is 4.98 Å². The van der Waals surface area contributed by atoms with E-state index in [-0.39, 0.29) is 6.42 Å². The normalized spacial score (nSPS) is 10.4. The van der Waals surface area contributed by atoms with E-state index >= 15 is 0 Å². The minimum Gasteiger partial charge on any atom is -0.481 e. The van der Waals surface area contributed by atoms with Crippen molar-refractivity contribution in [3.05, 3.63) is 41.9 Å². The lowest BCUT2D eigenvalue weighted by Crippen LogP contribution is -1.97. The van der Waals surface area contributed by atoms with Gasteiger partial charge in [-0.1, -0.05) is 30.3 Å². The van der Waals surface area contributed by atoms with Crippen molar-refractivity contribution in [2.24, 2.45) is 0 Å². The predicted octanol–water partition coefficient (Wildman–Crippen LogP) is 2.67. The second-order valence-electron chi connectivity index (χ2n) is 3.78. The number of nitrogens with zero attached hydrogens (tertiary/aromatic N) is 1. The lowest BCUT2D eigenvalue weighted by Gasteiger charge is -1.96. The third-order valence-electron chi connectivity index (χ3n) is 2.43. The molecule has 1 aromatic carbocycles. The molecule has 2 aromatic rings. The predicted molar refractivity (Wildman–Crippen MR) is 62.6 cm³/mol. The zero-order valence-electron chi connectivity index (χ0n) is 9.51. The molecule has 0 unspecified atom stereocenters. The lowest BCUT2D eigenvalue weighted by molar-refractivity contribution is -0.137. The fourth-order valence-corrected chi connectivity index (χ4v) is 1.63. The third kappa shape index (κ3) is 2.72. The smallest absolute Gasteiger partial charge is 0.303 e. The van der Waals surface area contributed by atoms with Gasteiger partial charge in [0.15, 0.2) is 11.7 Å². The van der Waals surface area contributed by atoms with E-state index in [1.165, 1.54) is 0 Å². The molecule has 0 saturated carbocycles. The Kier molecular flexibility index (Phi) is 3.23. The Hall–Kier alpha value is -2.10. The summed E-state index contributed by atoms with van der Waals surface area (Å²) in [6, 6.07) is 9.66. The van der Waals surface area contributed by atoms with E-state index in [2.05, 4.69) is 4.98 Å². The number of hydrogen-bond donors (Lipinski definition) is 1. The molecule has 1 aromatic heterocycles. The summed E-state index contributed by atoms with van der Waals surface area (Å²) in [5.41, 5.74) is 1.75. The Balaban J connectivity index is 2.22. The Bertz CT molecular complexity index is 517. The van der Waals surface area contributed by atoms with Gasteiger partial charge < -0.3 is 9.52 Å². The van der Waals surface area contributed by atoms with Crippen LogP contribution in [0.5, 0.6) is 0 Å². The monoisotopic (exact) mass is 231 g/mol. The number of rotatable bonds is 4. The number of carbonyl (C=O) groups is 1. The molecule has 17 heavy (non-hydrogen) atoms. The summed E-state index contributed by atoms with van der Waals surface area (Å²) in [6.07, 6.45) is 0.358. The van der Waals surface area contributed by atoms with Crippen molar-refractivity contribution in [2.45, 2.75) is 19.8 Å². The van der Waals surface area contributed by atoms with Gasteiger partial charge in [-0.2, -0.15) is 0 Å². The highest BCUT2D eigenvalue weighted by Gasteiger charge is 2.12. The Morgan fingerprint density at radius 1 is 1.35 bits per heavy atom. The minimum absolute atomic E-state index is 0.0359. The van der Waals surface area contributed by atoms with Gasteiger partial charge in [-0.05, 0) is 6.92 Å². The molecule has 88 valence electrons. The molecular formula is C13H13NO3. The number of carboxylic acids is 1. The number of aliphatic carboxylic acids is 1. The van der Waals surface area contributed by atoms with E-state index in [1.54, 1.807) is 0 Å². The topological polar surface area (TPSA) is 63.3 Å². The lowest BCUT2D eigenvalue weighted by atomic mass is 10.1. The molecule has 0 amide bonds. The number of aryl methyl sites for hydroxylation is 2. The maximum atomic E-state index is 10.5. The van der Waals surface area contributed by atoms with Crippen LogP contribution in [0.4, 0.5) is 0 Å². The summed E-state index contributed by atoms with van der Waals surface area (Å²) >= 11 is 0. The average molecular weight is 231 g/mol. The molecular weight excluding hydrogens is 218 g/mol. The van der Waals surface area contributed by atoms with Gasteiger partial charge in [0.2, 0.25) is 0 Å². The molecule has 4 nitrogen and oxygen atoms in total. The van der Waals surface area contributed by atoms with Gasteiger partial charge in [0.25, 0.3) is 0 Å². The quantitative estimate of drug-likeness (QED) is 0.878. The van der Waals surface area contributed by atoms with Crippen molar-refractivity contribution < 1.29 is 14.3 Å². The molecule has 0 spiro atoms. The molecule has 0 radical (unpaired) electrons. The zero-order chi connectivity index (χ0) is 12.3. The van der Waals surface area contributed by atoms with Crippen LogP contribution in [0.1, 0.15) is 18.0 Å². The largest absolute Gasteiger partial charge is 0.481 e. The maximum Gasteiger partial charge on any atom is 0.303 e. The molecule has 0 atom stereocenters. The number of hydrogen-bond acceptors (Lipinski definition) is 3. The summed E-state index contributed by atoms with van der Waals surface area (Å²) in [7, 11) is 0. The molecule has 0 saturated heterocycles. The van der Waals surface area contributed by atoms with Gasteiger partial charge in [0.1, 0.15) is 0 Å². The second kappa shape index (κ2) is 4.82. The summed E-state index contributed by atoms with van der Waals surface area (Å²) in [5, 5.41) is 8.60. The SMILES string of the molecule is Cc1nc(CCC(=O)O)oc1-c1ccccc1. The third-order valence-corrected chi connectivity index (χ3v) is 2.43. The fourth-order valence-electron chi connectivity index (χ4n) is 1.63. The number of aromatic nitrogens is 1. The molecule has 2 rings (SSSR count). The van der Waals surface area contributed by atoms with Gasteiger partial charge in [-0.15, -0.1) is 0 Å². The number of oxazole rings is 1. The molecule has 1 heterocycles. The van der Waals surface area contributed by atoms with E-state index < -0.39 is 5.97 Å². The summed E-state index contributed by atoms with van der Waals surface area (Å²) < 4.78 is 5.58. The first-order chi connectivity index (χ1) is 8.16. The molecule has 0 aliphatic heterocycles. The molecule has 0 aliphatic carbocycles. The first-order valence-electron chi connectivity index (χ1n) is 5.40. The van der Waals surface area contributed by atoms with Crippen LogP contribution in [0.3, 0.4) is 0 Å². The van der Waals surface area contributed by atoms with E-state index in [0.717, 1.165) is 11.3 Å². The Labute approximate surface area is 98.9 Å². The summed E-state index contributed by atoms with van der Waals surface area (Å²) in [4.78, 5) is 14.7. The van der Waals surface area contributed by atoms with Crippen LogP contribution in [-0.4, -0.2) is 16.1 Å². The molecule has 1 N–H and O–H groups in total. The maximum absolute atomic E-state index is 10.5. The van der Waals surface area contributed by atoms with Gasteiger partial charge in [0, 0.05) is 12.0 Å². The van der Waals surface area contributed by atoms with Gasteiger partial charge in [0.05, 0.1) is 12.1 Å². The van der Waals surface area contributed by atoms with Crippen LogP contribution in [0.25, 0.3) is 11.3 Å². The van der Waals surface area contributed by atoms with Gasteiger partial charge >= 0.3 is 5.97 Å². The van der Waals surface area contributed by atoms with E-state index in [9.17, 15) is 4.79 Å². The van der Waals surface area contributed by atoms with Crippen LogP contribution in [0.15, 0.2) is 34.7 Å². The second-order valence-corrected chi connectivity index (χ2v) is 3.78. The summed E-state index contributed by atoms with van der Waals surface area (Å²) in [5.74, 6) is 0.344. The van der Waals surface area contributed by atoms with Crippen molar-refractivity contribution in [3.63, 3.8) is 0 Å². The Morgan fingerprint density at radius 2 is 2.06 bits per heavy atom. The van der Waals surface area contributed by atoms with Crippen LogP contribution in [0, 0.1) is 6.92 Å². The molecule has 4 heteroatoms. The number of carboxylic acid groups (broad SMARTS) is 1. The van der Waals surface area contributed by atoms with E-state index in [4.69, 9.17) is 9.52 Å². The van der Waals surface area contributed by atoms with Crippen molar-refractivity contribution in [3.8, 4) is 11.3 Å². The first-order valence-corrected chi connectivity index (χ1v) is 5.40. The highest BCUT2D eigenvalue weighted by molar-refractivity contribution is 5.67. The van der Waals surface area contributed by atoms with E-state index in [0.29, 0.717) is 18.1 Å². The fraction of sp³-hybridized carbons (Fsp3) is 0.231. The zero-order valence-corrected chi connectivity index (χ0v) is 9.51. The van der Waals surface area contributed by atoms with E-state index in [1.807, 2.05) is 37.3 Å². The standard InChI is InChI=1S/C13H13NO3/c1-9-13(10-5-3-2-4-6-10)17-11(14-9)7-8-12(15)16/h2-6H,7-8H2,1H3,(H,15,16). The molecule has 0 fully saturated rings. The highest BCUT2D eigenvalue weighted by atomic mass is 16.4. The molecule has 0 aliphatic rings. The van der Waals surface area contributed by atoms with Crippen molar-refractivity contribution >= 4 is 5.97 Å². The minimum atomic E-state index is -0.845. The van der Waals surface area contributed by atoms with Crippen LogP contribution in [-0.2, 0) is 11.2 Å². The molecule has 0 bridgehead atoms. The highest BCUT2D eigenvalue weighted by Crippen LogP contribution is 2.24. The van der Waals surface area contributed by atoms with Crippen LogP contribution < -0.4 is 0 Å². The number of benzene rings is 1.